The molecular formula is C18H21N5. The standard InChI is InChI=1S/C18H21N5/c1-13(2)16-12-21-17(14-6-4-8-19-10-14)22-18(23(16)3)15-7-5-9-20-11-15/h4-11,13,16H,12H2,1-3H3. The minimum Gasteiger partial charge on any atom is -0.354 e. The number of amidine groups is 2. The lowest BCUT2D eigenvalue weighted by atomic mass is 10.0. The van der Waals surface area contributed by atoms with Crippen molar-refractivity contribution in [1.29, 1.82) is 0 Å². The van der Waals surface area contributed by atoms with E-state index in [2.05, 4.69) is 35.8 Å². The van der Waals surface area contributed by atoms with E-state index in [0.29, 0.717) is 18.5 Å². The molecule has 0 aliphatic carbocycles. The van der Waals surface area contributed by atoms with Crippen LogP contribution in [0.15, 0.2) is 59.0 Å². The quantitative estimate of drug-likeness (QED) is 0.876. The Balaban J connectivity index is 2.08. The molecule has 1 unspecified atom stereocenters. The molecule has 0 aromatic carbocycles. The second-order valence-electron chi connectivity index (χ2n) is 6.01. The van der Waals surface area contributed by atoms with Crippen LogP contribution in [0.25, 0.3) is 0 Å². The first-order valence-corrected chi connectivity index (χ1v) is 7.83. The molecular weight excluding hydrogens is 286 g/mol. The van der Waals surface area contributed by atoms with Gasteiger partial charge in [-0.3, -0.25) is 15.0 Å². The van der Waals surface area contributed by atoms with Crippen LogP contribution < -0.4 is 0 Å². The molecule has 3 heterocycles. The van der Waals surface area contributed by atoms with Gasteiger partial charge in [0.25, 0.3) is 0 Å². The number of aromatic nitrogens is 2. The highest BCUT2D eigenvalue weighted by atomic mass is 15.2. The summed E-state index contributed by atoms with van der Waals surface area (Å²) < 4.78 is 0. The van der Waals surface area contributed by atoms with Crippen molar-refractivity contribution in [1.82, 2.24) is 14.9 Å². The summed E-state index contributed by atoms with van der Waals surface area (Å²) in [5, 5.41) is 0. The molecule has 0 spiro atoms. The van der Waals surface area contributed by atoms with Crippen LogP contribution in [0.1, 0.15) is 25.0 Å². The van der Waals surface area contributed by atoms with Gasteiger partial charge in [0.05, 0.1) is 12.6 Å². The maximum Gasteiger partial charge on any atom is 0.158 e. The lowest BCUT2D eigenvalue weighted by Crippen LogP contribution is -2.42. The lowest BCUT2D eigenvalue weighted by Gasteiger charge is -2.31. The first kappa shape index (κ1) is 15.3. The molecule has 2 aromatic heterocycles. The summed E-state index contributed by atoms with van der Waals surface area (Å²) in [4.78, 5) is 20.2. The van der Waals surface area contributed by atoms with Gasteiger partial charge < -0.3 is 4.90 Å². The summed E-state index contributed by atoms with van der Waals surface area (Å²) in [6, 6.07) is 8.16. The summed E-state index contributed by atoms with van der Waals surface area (Å²) in [5.74, 6) is 2.10. The molecule has 1 atom stereocenters. The monoisotopic (exact) mass is 307 g/mol. The van der Waals surface area contributed by atoms with E-state index in [0.717, 1.165) is 22.8 Å². The van der Waals surface area contributed by atoms with Crippen LogP contribution in [0, 0.1) is 5.92 Å². The van der Waals surface area contributed by atoms with Gasteiger partial charge in [-0.2, -0.15) is 0 Å². The number of aliphatic imine (C=N–C) groups is 2. The first-order valence-electron chi connectivity index (χ1n) is 7.83. The van der Waals surface area contributed by atoms with E-state index in [9.17, 15) is 0 Å². The van der Waals surface area contributed by atoms with Gasteiger partial charge in [0.1, 0.15) is 5.84 Å². The summed E-state index contributed by atoms with van der Waals surface area (Å²) in [6.07, 6.45) is 7.18. The van der Waals surface area contributed by atoms with Gasteiger partial charge in [0.15, 0.2) is 5.84 Å². The van der Waals surface area contributed by atoms with Crippen molar-refractivity contribution >= 4 is 11.7 Å². The first-order chi connectivity index (χ1) is 11.2. The van der Waals surface area contributed by atoms with Crippen molar-refractivity contribution in [2.24, 2.45) is 15.9 Å². The Morgan fingerprint density at radius 2 is 1.70 bits per heavy atom. The minimum atomic E-state index is 0.295. The van der Waals surface area contributed by atoms with Crippen LogP contribution in [0.5, 0.6) is 0 Å². The fourth-order valence-corrected chi connectivity index (χ4v) is 2.75. The number of hydrogen-bond donors (Lipinski definition) is 0. The Bertz CT molecular complexity index is 707. The highest BCUT2D eigenvalue weighted by Gasteiger charge is 2.25. The van der Waals surface area contributed by atoms with Gasteiger partial charge in [0, 0.05) is 43.0 Å². The summed E-state index contributed by atoms with van der Waals surface area (Å²) in [7, 11) is 2.08. The second kappa shape index (κ2) is 6.69. The average Bonchev–Trinajstić information content (AvgIpc) is 2.76. The maximum atomic E-state index is 4.84. The normalized spacial score (nSPS) is 18.4. The molecule has 0 bridgehead atoms. The molecule has 0 N–H and O–H groups in total. The molecule has 0 fully saturated rings. The van der Waals surface area contributed by atoms with Crippen LogP contribution in [-0.4, -0.2) is 46.2 Å². The van der Waals surface area contributed by atoms with Gasteiger partial charge in [-0.05, 0) is 30.2 Å². The number of likely N-dealkylation sites (N-methyl/N-ethyl adjacent to an activating group) is 1. The molecule has 23 heavy (non-hydrogen) atoms. The molecule has 0 amide bonds. The van der Waals surface area contributed by atoms with E-state index in [1.807, 2.05) is 30.5 Å². The molecule has 0 saturated carbocycles. The number of nitrogens with zero attached hydrogens (tertiary/aromatic N) is 5. The van der Waals surface area contributed by atoms with E-state index >= 15 is 0 Å². The minimum absolute atomic E-state index is 0.295. The zero-order valence-corrected chi connectivity index (χ0v) is 13.7. The van der Waals surface area contributed by atoms with Crippen LogP contribution in [0.2, 0.25) is 0 Å². The molecule has 1 aliphatic heterocycles. The van der Waals surface area contributed by atoms with Crippen molar-refractivity contribution in [3.05, 3.63) is 60.2 Å². The van der Waals surface area contributed by atoms with Gasteiger partial charge in [-0.25, -0.2) is 4.99 Å². The van der Waals surface area contributed by atoms with Crippen molar-refractivity contribution in [3.63, 3.8) is 0 Å². The van der Waals surface area contributed by atoms with E-state index in [1.54, 1.807) is 18.6 Å². The van der Waals surface area contributed by atoms with Crippen LogP contribution >= 0.6 is 0 Å². The highest BCUT2D eigenvalue weighted by molar-refractivity contribution is 6.11. The molecule has 2 aromatic rings. The largest absolute Gasteiger partial charge is 0.354 e. The summed E-state index contributed by atoms with van der Waals surface area (Å²) in [6.45, 7) is 5.14. The van der Waals surface area contributed by atoms with Gasteiger partial charge in [-0.1, -0.05) is 13.8 Å². The van der Waals surface area contributed by atoms with Gasteiger partial charge in [-0.15, -0.1) is 0 Å². The fourth-order valence-electron chi connectivity index (χ4n) is 2.75. The Kier molecular flexibility index (Phi) is 4.46. The maximum absolute atomic E-state index is 4.84. The van der Waals surface area contributed by atoms with Crippen molar-refractivity contribution in [3.8, 4) is 0 Å². The third-order valence-electron chi connectivity index (χ3n) is 4.08. The predicted octanol–water partition coefficient (Wildman–Crippen LogP) is 2.64. The SMILES string of the molecule is CC(C)C1CN=C(c2cccnc2)N=C(c2cccnc2)N1C. The van der Waals surface area contributed by atoms with E-state index in [4.69, 9.17) is 9.98 Å². The Morgan fingerprint density at radius 3 is 2.26 bits per heavy atom. The molecule has 0 radical (unpaired) electrons. The predicted molar refractivity (Wildman–Crippen MR) is 92.8 cm³/mol. The van der Waals surface area contributed by atoms with Gasteiger partial charge in [0.2, 0.25) is 0 Å². The van der Waals surface area contributed by atoms with E-state index in [-0.39, 0.29) is 0 Å². The van der Waals surface area contributed by atoms with Crippen molar-refractivity contribution in [2.45, 2.75) is 19.9 Å². The summed E-state index contributed by atoms with van der Waals surface area (Å²) >= 11 is 0. The van der Waals surface area contributed by atoms with Crippen LogP contribution in [0.4, 0.5) is 0 Å². The fraction of sp³-hybridized carbons (Fsp3) is 0.333. The highest BCUT2D eigenvalue weighted by Crippen LogP contribution is 2.18. The second-order valence-corrected chi connectivity index (χ2v) is 6.01. The zero-order chi connectivity index (χ0) is 16.2. The third-order valence-corrected chi connectivity index (χ3v) is 4.08. The number of hydrogen-bond acceptors (Lipinski definition) is 5. The lowest BCUT2D eigenvalue weighted by molar-refractivity contribution is 0.296. The summed E-state index contributed by atoms with van der Waals surface area (Å²) in [5.41, 5.74) is 1.94. The van der Waals surface area contributed by atoms with E-state index in [1.165, 1.54) is 0 Å². The Labute approximate surface area is 136 Å². The van der Waals surface area contributed by atoms with Gasteiger partial charge >= 0.3 is 0 Å². The number of pyridine rings is 2. The Morgan fingerprint density at radius 1 is 1.04 bits per heavy atom. The smallest absolute Gasteiger partial charge is 0.158 e. The molecule has 3 rings (SSSR count). The third kappa shape index (κ3) is 3.28. The van der Waals surface area contributed by atoms with Crippen LogP contribution in [-0.2, 0) is 0 Å². The number of rotatable bonds is 3. The molecule has 0 saturated heterocycles. The molecule has 5 nitrogen and oxygen atoms in total. The van der Waals surface area contributed by atoms with Crippen LogP contribution in [0.3, 0.4) is 0 Å². The molecule has 1 aliphatic rings. The average molecular weight is 307 g/mol. The van der Waals surface area contributed by atoms with E-state index < -0.39 is 0 Å². The van der Waals surface area contributed by atoms with Crippen molar-refractivity contribution in [2.75, 3.05) is 13.6 Å². The molecule has 5 heteroatoms. The van der Waals surface area contributed by atoms with Crippen molar-refractivity contribution < 1.29 is 0 Å². The zero-order valence-electron chi connectivity index (χ0n) is 13.7. The molecule has 118 valence electrons. The topological polar surface area (TPSA) is 53.7 Å². The Hall–Kier alpha value is -2.56.